The van der Waals surface area contributed by atoms with Crippen molar-refractivity contribution in [3.8, 4) is 0 Å². The number of carboxylic acid groups (broad SMARTS) is 1. The Morgan fingerprint density at radius 3 is 2.08 bits per heavy atom. The van der Waals surface area contributed by atoms with Crippen molar-refractivity contribution in [1.82, 2.24) is 0 Å². The molecule has 0 aromatic heterocycles. The van der Waals surface area contributed by atoms with Gasteiger partial charge < -0.3 is 33.9 Å². The number of carboxylic acids is 1. The molecule has 6 aliphatic rings. The normalized spacial score (nSPS) is 44.0. The Bertz CT molecular complexity index is 1460. The van der Waals surface area contributed by atoms with E-state index in [0.717, 1.165) is 31.3 Å². The first-order valence-corrected chi connectivity index (χ1v) is 19.2. The third-order valence-corrected chi connectivity index (χ3v) is 15.6. The Hall–Kier alpha value is -2.34. The number of carbonyl (C=O) groups is 3. The van der Waals surface area contributed by atoms with E-state index in [-0.39, 0.29) is 58.8 Å². The standard InChI is InChI=1S/C40H61NO10/c1-34-11-12-35(2,33(45)46)25-27(34)26-24-28(42)31-37(4,36(26,3)14-13-34)15-16-40-38(31,5)10-8-29(39(40,6)32(44)41-40)51-30(43)9-17-48-20-21-50-23-22-49-19-18-47-7/h24,27,29,31H,8-23,25H2,1-7H3,(H,41,44)(H,45,46)/t27-,29-,31-,34+,35-,36+,37+,38+,39-,40-/m0/s1. The third-order valence-electron chi connectivity index (χ3n) is 15.6. The zero-order chi connectivity index (χ0) is 37.1. The number of aliphatic imine (C=N–C) groups is 1. The van der Waals surface area contributed by atoms with E-state index in [1.807, 2.05) is 19.9 Å². The fraction of sp³-hybridized carbons (Fsp3) is 0.850. The highest BCUT2D eigenvalue weighted by Crippen LogP contribution is 2.78. The quantitative estimate of drug-likeness (QED) is 0.159. The van der Waals surface area contributed by atoms with Gasteiger partial charge in [0.1, 0.15) is 11.5 Å². The number of rotatable bonds is 14. The topological polar surface area (TPSA) is 150 Å². The molecule has 0 aromatic carbocycles. The van der Waals surface area contributed by atoms with Crippen LogP contribution in [0, 0.1) is 44.3 Å². The average molecular weight is 716 g/mol. The molecule has 6 rings (SSSR count). The molecule has 4 saturated carbocycles. The zero-order valence-electron chi connectivity index (χ0n) is 31.9. The van der Waals surface area contributed by atoms with Gasteiger partial charge >= 0.3 is 11.9 Å². The largest absolute Gasteiger partial charge is 0.496 e. The molecule has 286 valence electrons. The number of carbonyl (C=O) groups excluding carboxylic acids is 2. The summed E-state index contributed by atoms with van der Waals surface area (Å²) in [4.78, 5) is 45.2. The number of nitrogens with zero attached hydrogens (tertiary/aromatic N) is 1. The molecule has 5 aliphatic carbocycles. The summed E-state index contributed by atoms with van der Waals surface area (Å²) in [5.41, 5.74) is -2.50. The Balaban J connectivity index is 1.15. The van der Waals surface area contributed by atoms with Crippen molar-refractivity contribution in [1.29, 1.82) is 0 Å². The van der Waals surface area contributed by atoms with Crippen LogP contribution in [0.2, 0.25) is 0 Å². The molecule has 1 aliphatic heterocycles. The van der Waals surface area contributed by atoms with Crippen molar-refractivity contribution >= 4 is 23.6 Å². The minimum Gasteiger partial charge on any atom is -0.496 e. The fourth-order valence-electron chi connectivity index (χ4n) is 12.0. The van der Waals surface area contributed by atoms with Crippen LogP contribution in [-0.2, 0) is 38.1 Å². The van der Waals surface area contributed by atoms with Gasteiger partial charge in [0, 0.05) is 18.4 Å². The second kappa shape index (κ2) is 13.5. The second-order valence-corrected chi connectivity index (χ2v) is 18.0. The number of aliphatic carboxylic acids is 1. The number of allylic oxidation sites excluding steroid dienone is 2. The lowest BCUT2D eigenvalue weighted by Gasteiger charge is -2.75. The van der Waals surface area contributed by atoms with E-state index in [9.17, 15) is 24.6 Å². The fourth-order valence-corrected chi connectivity index (χ4v) is 12.0. The molecule has 4 fully saturated rings. The van der Waals surface area contributed by atoms with Crippen LogP contribution in [0.3, 0.4) is 0 Å². The summed E-state index contributed by atoms with van der Waals surface area (Å²) in [5, 5.41) is 21.5. The van der Waals surface area contributed by atoms with Crippen LogP contribution in [0.25, 0.3) is 0 Å². The molecule has 0 amide bonds. The monoisotopic (exact) mass is 715 g/mol. The Kier molecular flexibility index (Phi) is 10.2. The van der Waals surface area contributed by atoms with Crippen molar-refractivity contribution in [2.45, 2.75) is 117 Å². The van der Waals surface area contributed by atoms with Crippen LogP contribution in [0.5, 0.6) is 0 Å². The molecule has 1 heterocycles. The van der Waals surface area contributed by atoms with Crippen LogP contribution < -0.4 is 0 Å². The lowest BCUT2D eigenvalue weighted by Crippen LogP contribution is -2.79. The minimum absolute atomic E-state index is 0.00345. The lowest BCUT2D eigenvalue weighted by atomic mass is 9.30. The molecule has 51 heavy (non-hydrogen) atoms. The predicted octanol–water partition coefficient (Wildman–Crippen LogP) is 6.12. The van der Waals surface area contributed by atoms with E-state index < -0.39 is 33.9 Å². The van der Waals surface area contributed by atoms with Gasteiger partial charge in [0.25, 0.3) is 0 Å². The summed E-state index contributed by atoms with van der Waals surface area (Å²) in [6.07, 6.45) is 8.08. The van der Waals surface area contributed by atoms with Gasteiger partial charge in [-0.05, 0) is 99.9 Å². The molecular weight excluding hydrogens is 654 g/mol. The minimum atomic E-state index is -0.903. The number of aliphatic hydroxyl groups excluding tert-OH is 1. The second-order valence-electron chi connectivity index (χ2n) is 18.0. The smallest absolute Gasteiger partial charge is 0.309 e. The first kappa shape index (κ1) is 38.4. The molecule has 0 aromatic rings. The van der Waals surface area contributed by atoms with E-state index in [2.05, 4.69) is 27.7 Å². The molecule has 0 bridgehead atoms. The maximum atomic E-state index is 14.7. The summed E-state index contributed by atoms with van der Waals surface area (Å²) in [6.45, 7) is 15.9. The molecular formula is C40H61NO10. The molecule has 0 unspecified atom stereocenters. The molecule has 10 atom stereocenters. The van der Waals surface area contributed by atoms with Crippen LogP contribution in [-0.4, -0.2) is 98.8 Å². The number of ether oxygens (including phenoxy) is 5. The van der Waals surface area contributed by atoms with E-state index in [1.165, 1.54) is 0 Å². The van der Waals surface area contributed by atoms with E-state index in [4.69, 9.17) is 28.7 Å². The highest BCUT2D eigenvalue weighted by Gasteiger charge is 2.80. The molecule has 2 N–H and O–H groups in total. The number of methoxy groups -OCH3 is 1. The van der Waals surface area contributed by atoms with Crippen molar-refractivity contribution in [2.24, 2.45) is 49.3 Å². The van der Waals surface area contributed by atoms with Gasteiger partial charge in [-0.2, -0.15) is 0 Å². The van der Waals surface area contributed by atoms with Crippen molar-refractivity contribution < 1.29 is 48.3 Å². The van der Waals surface area contributed by atoms with E-state index in [1.54, 1.807) is 7.11 Å². The van der Waals surface area contributed by atoms with Crippen molar-refractivity contribution in [2.75, 3.05) is 53.4 Å². The van der Waals surface area contributed by atoms with Crippen LogP contribution in [0.15, 0.2) is 16.6 Å². The SMILES string of the molecule is COCCOCCOCCOCCC(=O)O[C@H]1CC[C@]2(C)[C@H]3C(=O)C=C4[C@@H]5C[C@@](C)(C(=O)O)CC[C@]5(C)CC[C@@]4(C)[C@]3(C)CC[C@]23N=C(O)[C@]13C. The number of ketones is 1. The van der Waals surface area contributed by atoms with Gasteiger partial charge in [-0.15, -0.1) is 0 Å². The molecule has 11 nitrogen and oxygen atoms in total. The molecule has 0 radical (unpaired) electrons. The number of esters is 1. The molecule has 0 saturated heterocycles. The van der Waals surface area contributed by atoms with Gasteiger partial charge in [0.2, 0.25) is 0 Å². The average Bonchev–Trinajstić information content (AvgIpc) is 3.07. The van der Waals surface area contributed by atoms with Crippen molar-refractivity contribution in [3.63, 3.8) is 0 Å². The van der Waals surface area contributed by atoms with Gasteiger partial charge in [-0.1, -0.05) is 33.3 Å². The maximum absolute atomic E-state index is 14.7. The molecule has 1 spiro atoms. The van der Waals surface area contributed by atoms with E-state index in [0.29, 0.717) is 71.7 Å². The highest BCUT2D eigenvalue weighted by atomic mass is 16.6. The maximum Gasteiger partial charge on any atom is 0.309 e. The highest BCUT2D eigenvalue weighted by molar-refractivity contribution is 5.97. The van der Waals surface area contributed by atoms with E-state index >= 15 is 0 Å². The zero-order valence-corrected chi connectivity index (χ0v) is 31.9. The Morgan fingerprint density at radius 2 is 1.45 bits per heavy atom. The summed E-state index contributed by atoms with van der Waals surface area (Å²) in [6, 6.07) is 0. The first-order valence-electron chi connectivity index (χ1n) is 19.2. The first-order chi connectivity index (χ1) is 24.0. The summed E-state index contributed by atoms with van der Waals surface area (Å²) < 4.78 is 27.5. The lowest BCUT2D eigenvalue weighted by molar-refractivity contribution is -0.221. The summed E-state index contributed by atoms with van der Waals surface area (Å²) in [7, 11) is 1.63. The van der Waals surface area contributed by atoms with Crippen LogP contribution >= 0.6 is 0 Å². The van der Waals surface area contributed by atoms with Crippen LogP contribution in [0.1, 0.15) is 106 Å². The number of hydrogen-bond donors (Lipinski definition) is 2. The Labute approximate surface area is 303 Å². The number of fused-ring (bicyclic) bond motifs is 6. The summed E-state index contributed by atoms with van der Waals surface area (Å²) >= 11 is 0. The number of hydrogen-bond acceptors (Lipinski definition) is 9. The van der Waals surface area contributed by atoms with Gasteiger partial charge in [0.15, 0.2) is 11.7 Å². The summed E-state index contributed by atoms with van der Waals surface area (Å²) in [5.74, 6) is -1.30. The third kappa shape index (κ3) is 5.65. The molecule has 11 heteroatoms. The number of aliphatic hydroxyl groups is 1. The Morgan fingerprint density at radius 1 is 0.824 bits per heavy atom. The van der Waals surface area contributed by atoms with Gasteiger partial charge in [-0.3, -0.25) is 14.4 Å². The van der Waals surface area contributed by atoms with Gasteiger partial charge in [-0.25, -0.2) is 4.99 Å². The van der Waals surface area contributed by atoms with Crippen molar-refractivity contribution in [3.05, 3.63) is 11.6 Å². The van der Waals surface area contributed by atoms with Gasteiger partial charge in [0.05, 0.1) is 63.6 Å². The predicted molar refractivity (Wildman–Crippen MR) is 190 cm³/mol. The van der Waals surface area contributed by atoms with Crippen LogP contribution in [0.4, 0.5) is 0 Å².